The molecule has 0 radical (unpaired) electrons. The van der Waals surface area contributed by atoms with E-state index >= 15 is 0 Å². The van der Waals surface area contributed by atoms with E-state index < -0.39 is 18.1 Å². The third-order valence-electron chi connectivity index (χ3n) is 1.85. The Morgan fingerprint density at radius 1 is 1.44 bits per heavy atom. The van der Waals surface area contributed by atoms with Gasteiger partial charge in [0.2, 0.25) is 0 Å². The summed E-state index contributed by atoms with van der Waals surface area (Å²) in [6.07, 6.45) is -4.89. The number of methoxy groups -OCH3 is 1. The molecule has 0 fully saturated rings. The second-order valence-corrected chi connectivity index (χ2v) is 3.74. The quantitative estimate of drug-likeness (QED) is 0.785. The molecule has 0 bridgehead atoms. The van der Waals surface area contributed by atoms with Crippen molar-refractivity contribution in [3.8, 4) is 11.8 Å². The van der Waals surface area contributed by atoms with Gasteiger partial charge in [-0.25, -0.2) is 4.79 Å². The number of alkyl halides is 3. The third kappa shape index (κ3) is 3.13. The fraction of sp³-hybridized carbons (Fsp3) is 0.200. The molecule has 0 amide bonds. The van der Waals surface area contributed by atoms with Gasteiger partial charge in [-0.1, -0.05) is 0 Å². The first-order valence-corrected chi connectivity index (χ1v) is 5.16. The standard InChI is InChI=1S/C10H5BrF3NO3/c1-17-9(16)5-2-3-7(18-10(12,13)14)8(11)6(5)4-15/h2-3H,1H3. The van der Waals surface area contributed by atoms with Gasteiger partial charge in [0.25, 0.3) is 0 Å². The van der Waals surface area contributed by atoms with Crippen LogP contribution in [0.1, 0.15) is 15.9 Å². The van der Waals surface area contributed by atoms with Crippen molar-refractivity contribution in [3.05, 3.63) is 27.7 Å². The van der Waals surface area contributed by atoms with Crippen LogP contribution in [0.15, 0.2) is 16.6 Å². The fourth-order valence-electron chi connectivity index (χ4n) is 1.15. The highest BCUT2D eigenvalue weighted by atomic mass is 79.9. The van der Waals surface area contributed by atoms with Crippen molar-refractivity contribution >= 4 is 21.9 Å². The van der Waals surface area contributed by atoms with Crippen molar-refractivity contribution < 1.29 is 27.4 Å². The molecule has 1 rings (SSSR count). The number of nitriles is 1. The van der Waals surface area contributed by atoms with Crippen molar-refractivity contribution in [2.75, 3.05) is 7.11 Å². The first kappa shape index (κ1) is 14.3. The maximum atomic E-state index is 12.1. The van der Waals surface area contributed by atoms with Gasteiger partial charge in [-0.3, -0.25) is 0 Å². The molecule has 0 N–H and O–H groups in total. The van der Waals surface area contributed by atoms with E-state index in [1.165, 1.54) is 0 Å². The monoisotopic (exact) mass is 323 g/mol. The number of carbonyl (C=O) groups excluding carboxylic acids is 1. The molecule has 0 atom stereocenters. The summed E-state index contributed by atoms with van der Waals surface area (Å²) in [5, 5.41) is 8.84. The summed E-state index contributed by atoms with van der Waals surface area (Å²) in [5.74, 6) is -1.43. The van der Waals surface area contributed by atoms with Crippen LogP contribution in [0.25, 0.3) is 0 Å². The van der Waals surface area contributed by atoms with Gasteiger partial charge in [-0.05, 0) is 28.1 Å². The molecule has 1 aromatic carbocycles. The Balaban J connectivity index is 3.30. The van der Waals surface area contributed by atoms with Gasteiger partial charge in [-0.2, -0.15) is 5.26 Å². The van der Waals surface area contributed by atoms with Crippen molar-refractivity contribution in [2.45, 2.75) is 6.36 Å². The van der Waals surface area contributed by atoms with E-state index in [1.54, 1.807) is 6.07 Å². The lowest BCUT2D eigenvalue weighted by molar-refractivity contribution is -0.274. The largest absolute Gasteiger partial charge is 0.573 e. The van der Waals surface area contributed by atoms with E-state index in [4.69, 9.17) is 5.26 Å². The van der Waals surface area contributed by atoms with Crippen LogP contribution in [0.4, 0.5) is 13.2 Å². The topological polar surface area (TPSA) is 59.3 Å². The minimum atomic E-state index is -4.89. The zero-order valence-electron chi connectivity index (χ0n) is 8.84. The van der Waals surface area contributed by atoms with Crippen LogP contribution in [-0.4, -0.2) is 19.4 Å². The molecule has 1 aromatic rings. The maximum absolute atomic E-state index is 12.1. The summed E-state index contributed by atoms with van der Waals surface area (Å²) in [6, 6.07) is 3.56. The Hall–Kier alpha value is -1.75. The van der Waals surface area contributed by atoms with Gasteiger partial charge >= 0.3 is 12.3 Å². The van der Waals surface area contributed by atoms with Gasteiger partial charge in [0.15, 0.2) is 0 Å². The SMILES string of the molecule is COC(=O)c1ccc(OC(F)(F)F)c(Br)c1C#N. The average molecular weight is 324 g/mol. The number of halogens is 4. The lowest BCUT2D eigenvalue weighted by Gasteiger charge is -2.12. The average Bonchev–Trinajstić information content (AvgIpc) is 2.28. The third-order valence-corrected chi connectivity index (χ3v) is 2.64. The molecule has 0 spiro atoms. The Morgan fingerprint density at radius 2 is 2.06 bits per heavy atom. The van der Waals surface area contributed by atoms with E-state index in [0.717, 1.165) is 19.2 Å². The van der Waals surface area contributed by atoms with Crippen molar-refractivity contribution in [2.24, 2.45) is 0 Å². The second-order valence-electron chi connectivity index (χ2n) is 2.95. The van der Waals surface area contributed by atoms with Crippen molar-refractivity contribution in [1.82, 2.24) is 0 Å². The number of rotatable bonds is 2. The molecule has 0 aliphatic heterocycles. The molecule has 8 heteroatoms. The highest BCUT2D eigenvalue weighted by molar-refractivity contribution is 9.10. The summed E-state index contributed by atoms with van der Waals surface area (Å²) in [4.78, 5) is 11.3. The van der Waals surface area contributed by atoms with E-state index in [1.807, 2.05) is 0 Å². The van der Waals surface area contributed by atoms with Gasteiger partial charge in [-0.15, -0.1) is 13.2 Å². The number of hydrogen-bond donors (Lipinski definition) is 0. The summed E-state index contributed by atoms with van der Waals surface area (Å²) >= 11 is 2.79. The smallest absolute Gasteiger partial charge is 0.465 e. The van der Waals surface area contributed by atoms with Crippen LogP contribution < -0.4 is 4.74 Å². The summed E-state index contributed by atoms with van der Waals surface area (Å²) in [6.45, 7) is 0. The lowest BCUT2D eigenvalue weighted by atomic mass is 10.1. The predicted octanol–water partition coefficient (Wildman–Crippen LogP) is 3.01. The normalized spacial score (nSPS) is 10.7. The molecule has 4 nitrogen and oxygen atoms in total. The second kappa shape index (κ2) is 5.27. The van der Waals surface area contributed by atoms with Crippen LogP contribution in [0.3, 0.4) is 0 Å². The van der Waals surface area contributed by atoms with Crippen molar-refractivity contribution in [1.29, 1.82) is 5.26 Å². The zero-order valence-corrected chi connectivity index (χ0v) is 10.4. The Bertz CT molecular complexity index is 522. The predicted molar refractivity (Wildman–Crippen MR) is 56.9 cm³/mol. The van der Waals surface area contributed by atoms with E-state index in [-0.39, 0.29) is 15.6 Å². The van der Waals surface area contributed by atoms with Gasteiger partial charge < -0.3 is 9.47 Å². The molecule has 0 aliphatic carbocycles. The first-order valence-electron chi connectivity index (χ1n) is 4.36. The number of hydrogen-bond acceptors (Lipinski definition) is 4. The molecule has 18 heavy (non-hydrogen) atoms. The fourth-order valence-corrected chi connectivity index (χ4v) is 1.67. The van der Waals surface area contributed by atoms with Gasteiger partial charge in [0.1, 0.15) is 11.8 Å². The Labute approximate surface area is 108 Å². The maximum Gasteiger partial charge on any atom is 0.573 e. The molecule has 0 aromatic heterocycles. The highest BCUT2D eigenvalue weighted by Crippen LogP contribution is 2.34. The van der Waals surface area contributed by atoms with Gasteiger partial charge in [0.05, 0.1) is 22.7 Å². The molecular weight excluding hydrogens is 319 g/mol. The molecule has 0 unspecified atom stereocenters. The van der Waals surface area contributed by atoms with E-state index in [0.29, 0.717) is 0 Å². The van der Waals surface area contributed by atoms with Crippen LogP contribution in [0.5, 0.6) is 5.75 Å². The van der Waals surface area contributed by atoms with Gasteiger partial charge in [0, 0.05) is 0 Å². The molecular formula is C10H5BrF3NO3. The summed E-state index contributed by atoms with van der Waals surface area (Å²) in [5.41, 5.74) is -0.440. The lowest BCUT2D eigenvalue weighted by Crippen LogP contribution is -2.18. The van der Waals surface area contributed by atoms with E-state index in [9.17, 15) is 18.0 Å². The molecule has 0 saturated carbocycles. The summed E-state index contributed by atoms with van der Waals surface area (Å²) in [7, 11) is 1.09. The Kier molecular flexibility index (Phi) is 4.19. The number of nitrogens with zero attached hydrogens (tertiary/aromatic N) is 1. The van der Waals surface area contributed by atoms with Crippen LogP contribution >= 0.6 is 15.9 Å². The summed E-state index contributed by atoms with van der Waals surface area (Å²) < 4.78 is 44.0. The minimum Gasteiger partial charge on any atom is -0.465 e. The molecule has 0 aliphatic rings. The van der Waals surface area contributed by atoms with Crippen LogP contribution in [-0.2, 0) is 4.74 Å². The zero-order chi connectivity index (χ0) is 13.9. The van der Waals surface area contributed by atoms with Crippen LogP contribution in [0.2, 0.25) is 0 Å². The van der Waals surface area contributed by atoms with E-state index in [2.05, 4.69) is 25.4 Å². The number of esters is 1. The van der Waals surface area contributed by atoms with Crippen molar-refractivity contribution in [3.63, 3.8) is 0 Å². The first-order chi connectivity index (χ1) is 8.30. The molecule has 0 saturated heterocycles. The number of ether oxygens (including phenoxy) is 2. The molecule has 0 heterocycles. The Morgan fingerprint density at radius 3 is 2.50 bits per heavy atom. The number of carbonyl (C=O) groups is 1. The molecule has 96 valence electrons. The highest BCUT2D eigenvalue weighted by Gasteiger charge is 2.33. The number of benzene rings is 1. The van der Waals surface area contributed by atoms with Crippen LogP contribution in [0, 0.1) is 11.3 Å². The minimum absolute atomic E-state index is 0.151.